The monoisotopic (exact) mass is 374 g/mol. The first-order valence-corrected chi connectivity index (χ1v) is 8.15. The van der Waals surface area contributed by atoms with Crippen LogP contribution in [0.4, 0.5) is 5.69 Å². The molecule has 0 saturated heterocycles. The van der Waals surface area contributed by atoms with Gasteiger partial charge in [0.05, 0.1) is 11.3 Å². The van der Waals surface area contributed by atoms with Crippen LogP contribution in [0.25, 0.3) is 11.6 Å². The van der Waals surface area contributed by atoms with Crippen LogP contribution in [0.15, 0.2) is 18.2 Å². The molecule has 1 aliphatic heterocycles. The number of aliphatic carboxylic acids is 1. The summed E-state index contributed by atoms with van der Waals surface area (Å²) in [5.41, 5.74) is 2.98. The number of aromatic amines is 1. The second-order valence-electron chi connectivity index (χ2n) is 5.92. The Labute approximate surface area is 153 Å². The van der Waals surface area contributed by atoms with E-state index in [4.69, 9.17) is 16.7 Å². The van der Waals surface area contributed by atoms with Gasteiger partial charge in [0.2, 0.25) is 0 Å². The van der Waals surface area contributed by atoms with Gasteiger partial charge in [0.25, 0.3) is 5.91 Å². The summed E-state index contributed by atoms with van der Waals surface area (Å²) < 4.78 is 0. The minimum absolute atomic E-state index is 0.0213. The van der Waals surface area contributed by atoms with E-state index in [-0.39, 0.29) is 24.4 Å². The highest BCUT2D eigenvalue weighted by Crippen LogP contribution is 2.35. The van der Waals surface area contributed by atoms with Crippen molar-refractivity contribution in [2.24, 2.45) is 0 Å². The average molecular weight is 375 g/mol. The largest absolute Gasteiger partial charge is 0.481 e. The molecule has 2 heterocycles. The lowest BCUT2D eigenvalue weighted by molar-refractivity contribution is -0.137. The van der Waals surface area contributed by atoms with Gasteiger partial charge in [-0.2, -0.15) is 0 Å². The smallest absolute Gasteiger partial charge is 0.352 e. The molecule has 3 rings (SSSR count). The number of benzene rings is 1. The van der Waals surface area contributed by atoms with Crippen molar-refractivity contribution >= 4 is 46.8 Å². The predicted molar refractivity (Wildman–Crippen MR) is 96.4 cm³/mol. The van der Waals surface area contributed by atoms with Crippen molar-refractivity contribution in [3.63, 3.8) is 0 Å². The highest BCUT2D eigenvalue weighted by atomic mass is 35.5. The zero-order valence-electron chi connectivity index (χ0n) is 13.7. The number of hydrogen-bond acceptors (Lipinski definition) is 3. The second kappa shape index (κ2) is 6.68. The summed E-state index contributed by atoms with van der Waals surface area (Å²) in [5, 5.41) is 21.4. The Morgan fingerprint density at radius 2 is 2.00 bits per heavy atom. The van der Waals surface area contributed by atoms with Crippen molar-refractivity contribution in [1.82, 2.24) is 4.98 Å². The number of aromatic carboxylic acids is 1. The van der Waals surface area contributed by atoms with E-state index in [0.29, 0.717) is 38.7 Å². The van der Waals surface area contributed by atoms with Crippen molar-refractivity contribution < 1.29 is 24.6 Å². The number of H-pyrrole nitrogens is 1. The third kappa shape index (κ3) is 3.21. The predicted octanol–water partition coefficient (Wildman–Crippen LogP) is 3.18. The number of anilines is 1. The van der Waals surface area contributed by atoms with E-state index in [1.807, 2.05) is 0 Å². The minimum atomic E-state index is -1.15. The molecule has 0 bridgehead atoms. The quantitative estimate of drug-likeness (QED) is 0.599. The highest BCUT2D eigenvalue weighted by Gasteiger charge is 2.26. The van der Waals surface area contributed by atoms with Gasteiger partial charge in [-0.3, -0.25) is 9.59 Å². The molecule has 0 spiro atoms. The Hall–Kier alpha value is -3.06. The molecule has 0 radical (unpaired) electrons. The minimum Gasteiger partial charge on any atom is -0.481 e. The summed E-state index contributed by atoms with van der Waals surface area (Å²) in [6.45, 7) is 1.61. The third-order valence-corrected chi connectivity index (χ3v) is 4.50. The molecule has 4 N–H and O–H groups in total. The Kier molecular flexibility index (Phi) is 4.56. The van der Waals surface area contributed by atoms with E-state index in [1.165, 1.54) is 0 Å². The van der Waals surface area contributed by atoms with E-state index < -0.39 is 11.9 Å². The SMILES string of the molecule is Cc1c(C(=O)O)[nH]c(C=C2C(=O)Nc3cc(Cl)ccc32)c1CCC(=O)O. The van der Waals surface area contributed by atoms with Gasteiger partial charge in [-0.25, -0.2) is 4.79 Å². The summed E-state index contributed by atoms with van der Waals surface area (Å²) in [6, 6.07) is 4.98. The molecule has 1 aromatic heterocycles. The van der Waals surface area contributed by atoms with Crippen LogP contribution in [0, 0.1) is 6.92 Å². The number of rotatable bonds is 5. The summed E-state index contributed by atoms with van der Waals surface area (Å²) in [7, 11) is 0. The molecule has 0 aliphatic carbocycles. The van der Waals surface area contributed by atoms with Gasteiger partial charge in [-0.05, 0) is 42.7 Å². The van der Waals surface area contributed by atoms with Crippen molar-refractivity contribution in [3.05, 3.63) is 51.3 Å². The Morgan fingerprint density at radius 3 is 2.65 bits per heavy atom. The maximum atomic E-state index is 12.3. The van der Waals surface area contributed by atoms with Gasteiger partial charge in [-0.15, -0.1) is 0 Å². The maximum Gasteiger partial charge on any atom is 0.352 e. The van der Waals surface area contributed by atoms with E-state index in [1.54, 1.807) is 31.2 Å². The third-order valence-electron chi connectivity index (χ3n) is 4.27. The lowest BCUT2D eigenvalue weighted by atomic mass is 10.0. The van der Waals surface area contributed by atoms with Crippen molar-refractivity contribution in [2.75, 3.05) is 5.32 Å². The fourth-order valence-electron chi connectivity index (χ4n) is 3.00. The Bertz CT molecular complexity index is 974. The van der Waals surface area contributed by atoms with Crippen LogP contribution in [0.5, 0.6) is 0 Å². The molecule has 0 unspecified atom stereocenters. The Balaban J connectivity index is 2.10. The lowest BCUT2D eigenvalue weighted by Crippen LogP contribution is -2.04. The molecular weight excluding hydrogens is 360 g/mol. The Morgan fingerprint density at radius 1 is 1.27 bits per heavy atom. The van der Waals surface area contributed by atoms with E-state index in [2.05, 4.69) is 10.3 Å². The van der Waals surface area contributed by atoms with Gasteiger partial charge < -0.3 is 20.5 Å². The van der Waals surface area contributed by atoms with E-state index in [9.17, 15) is 19.5 Å². The summed E-state index contributed by atoms with van der Waals surface area (Å²) >= 11 is 5.94. The van der Waals surface area contributed by atoms with Crippen molar-refractivity contribution in [3.8, 4) is 0 Å². The second-order valence-corrected chi connectivity index (χ2v) is 6.35. The highest BCUT2D eigenvalue weighted by molar-refractivity contribution is 6.36. The van der Waals surface area contributed by atoms with Gasteiger partial charge in [-0.1, -0.05) is 17.7 Å². The number of carbonyl (C=O) groups excluding carboxylic acids is 1. The molecule has 1 aliphatic rings. The van der Waals surface area contributed by atoms with E-state index in [0.717, 1.165) is 0 Å². The molecule has 7 nitrogen and oxygen atoms in total. The molecule has 0 fully saturated rings. The van der Waals surface area contributed by atoms with Crippen LogP contribution < -0.4 is 5.32 Å². The first-order valence-electron chi connectivity index (χ1n) is 7.77. The van der Waals surface area contributed by atoms with Crippen LogP contribution in [-0.4, -0.2) is 33.0 Å². The van der Waals surface area contributed by atoms with Crippen LogP contribution in [0.3, 0.4) is 0 Å². The standard InChI is InChI=1S/C18H15ClN2O5/c1-8-10(4-5-15(22)23)14(20-16(8)18(25)26)7-12-11-3-2-9(19)6-13(11)21-17(12)24/h2-3,6-7,20H,4-5H2,1H3,(H,21,24)(H,22,23)(H,25,26). The number of hydrogen-bond donors (Lipinski definition) is 4. The zero-order valence-corrected chi connectivity index (χ0v) is 14.5. The van der Waals surface area contributed by atoms with Crippen LogP contribution >= 0.6 is 11.6 Å². The topological polar surface area (TPSA) is 119 Å². The number of halogens is 1. The molecule has 134 valence electrons. The molecular formula is C18H15ClN2O5. The maximum absolute atomic E-state index is 12.3. The van der Waals surface area contributed by atoms with Gasteiger partial charge in [0.1, 0.15) is 5.69 Å². The summed E-state index contributed by atoms with van der Waals surface area (Å²) in [6.07, 6.45) is 1.55. The number of carboxylic acid groups (broad SMARTS) is 2. The summed E-state index contributed by atoms with van der Waals surface area (Å²) in [5.74, 6) is -2.47. The zero-order chi connectivity index (χ0) is 19.0. The van der Waals surface area contributed by atoms with Crippen molar-refractivity contribution in [1.29, 1.82) is 0 Å². The number of carboxylic acids is 2. The van der Waals surface area contributed by atoms with Crippen LogP contribution in [-0.2, 0) is 16.0 Å². The number of carbonyl (C=O) groups is 3. The van der Waals surface area contributed by atoms with Gasteiger partial charge in [0.15, 0.2) is 0 Å². The molecule has 0 saturated carbocycles. The van der Waals surface area contributed by atoms with Gasteiger partial charge >= 0.3 is 11.9 Å². The van der Waals surface area contributed by atoms with Crippen molar-refractivity contribution in [2.45, 2.75) is 19.8 Å². The normalized spacial score (nSPS) is 14.4. The molecule has 26 heavy (non-hydrogen) atoms. The molecule has 1 amide bonds. The van der Waals surface area contributed by atoms with Crippen LogP contribution in [0.2, 0.25) is 5.02 Å². The fourth-order valence-corrected chi connectivity index (χ4v) is 3.17. The number of amides is 1. The molecule has 8 heteroatoms. The molecule has 0 atom stereocenters. The number of nitrogens with one attached hydrogen (secondary N) is 2. The first-order chi connectivity index (χ1) is 12.3. The first kappa shape index (κ1) is 17.8. The number of aromatic nitrogens is 1. The molecule has 2 aromatic rings. The lowest BCUT2D eigenvalue weighted by Gasteiger charge is -2.02. The number of fused-ring (bicyclic) bond motifs is 1. The fraction of sp³-hybridized carbons (Fsp3) is 0.167. The average Bonchev–Trinajstić information content (AvgIpc) is 3.03. The van der Waals surface area contributed by atoms with Crippen LogP contribution in [0.1, 0.15) is 39.3 Å². The van der Waals surface area contributed by atoms with E-state index >= 15 is 0 Å². The van der Waals surface area contributed by atoms with Gasteiger partial charge in [0, 0.05) is 22.7 Å². The molecule has 1 aromatic carbocycles. The summed E-state index contributed by atoms with van der Waals surface area (Å²) in [4.78, 5) is 37.4.